The fourth-order valence-electron chi connectivity index (χ4n) is 10.5. The van der Waals surface area contributed by atoms with Gasteiger partial charge in [0, 0.05) is 45.8 Å². The van der Waals surface area contributed by atoms with Gasteiger partial charge in [0.05, 0.1) is 68.4 Å². The average molecular weight is 1030 g/mol. The van der Waals surface area contributed by atoms with Crippen molar-refractivity contribution in [3.8, 4) is 90.4 Å². The van der Waals surface area contributed by atoms with Crippen molar-refractivity contribution in [1.82, 2.24) is 39.0 Å². The summed E-state index contributed by atoms with van der Waals surface area (Å²) in [5.74, 6) is 1.72. The predicted octanol–water partition coefficient (Wildman–Crippen LogP) is 16.5. The van der Waals surface area contributed by atoms with Crippen LogP contribution in [0.5, 0.6) is 11.5 Å². The Morgan fingerprint density at radius 2 is 0.782 bits per heavy atom. The summed E-state index contributed by atoms with van der Waals surface area (Å²) in [5, 5.41) is 24.4. The summed E-state index contributed by atoms with van der Waals surface area (Å²) in [7, 11) is 0. The van der Waals surface area contributed by atoms with Crippen molar-refractivity contribution in [3.63, 3.8) is 0 Å². The van der Waals surface area contributed by atoms with Crippen LogP contribution < -0.4 is 0 Å². The zero-order chi connectivity index (χ0) is 55.1. The van der Waals surface area contributed by atoms with Crippen LogP contribution in [0.25, 0.3) is 101 Å². The minimum atomic E-state index is -0.324. The van der Waals surface area contributed by atoms with E-state index >= 15 is 0 Å². The lowest BCUT2D eigenvalue weighted by Gasteiger charge is -2.27. The lowest BCUT2D eigenvalue weighted by Crippen LogP contribution is -2.17. The molecule has 0 spiro atoms. The molecule has 10 heteroatoms. The van der Waals surface area contributed by atoms with E-state index in [9.17, 15) is 10.2 Å². The molecule has 0 fully saturated rings. The molecule has 5 aromatic heterocycles. The van der Waals surface area contributed by atoms with Crippen molar-refractivity contribution >= 4 is 22.1 Å². The number of hydrogen-bond acceptors (Lipinski definition) is 8. The van der Waals surface area contributed by atoms with Crippen LogP contribution in [-0.4, -0.2) is 49.3 Å². The van der Waals surface area contributed by atoms with Crippen molar-refractivity contribution in [1.29, 1.82) is 0 Å². The van der Waals surface area contributed by atoms with Gasteiger partial charge in [-0.15, -0.1) is 0 Å². The maximum absolute atomic E-state index is 12.2. The zero-order valence-electron chi connectivity index (χ0n) is 46.6. The van der Waals surface area contributed by atoms with Crippen LogP contribution >= 0.6 is 0 Å². The third kappa shape index (κ3) is 9.39. The van der Waals surface area contributed by atoms with E-state index in [4.69, 9.17) is 19.9 Å². The number of phenolic OH excluding ortho intramolecular Hbond substituents is 2. The van der Waals surface area contributed by atoms with E-state index in [1.54, 1.807) is 18.7 Å². The molecule has 2 N–H and O–H groups in total. The molecule has 0 atom stereocenters. The van der Waals surface area contributed by atoms with Gasteiger partial charge in [0.15, 0.2) is 0 Å². The molecule has 0 bridgehead atoms. The van der Waals surface area contributed by atoms with Crippen molar-refractivity contribution in [2.24, 2.45) is 0 Å². The number of fused-ring (bicyclic) bond motifs is 2. The first-order valence-corrected chi connectivity index (χ1v) is 26.7. The summed E-state index contributed by atoms with van der Waals surface area (Å²) >= 11 is 0. The van der Waals surface area contributed by atoms with E-state index in [0.29, 0.717) is 22.8 Å². The van der Waals surface area contributed by atoms with Crippen LogP contribution in [-0.2, 0) is 21.7 Å². The molecule has 0 amide bonds. The number of hydrogen-bond donors (Lipinski definition) is 2. The van der Waals surface area contributed by atoms with E-state index in [2.05, 4.69) is 211 Å². The van der Waals surface area contributed by atoms with Gasteiger partial charge in [0.2, 0.25) is 0 Å². The monoisotopic (exact) mass is 1030 g/mol. The summed E-state index contributed by atoms with van der Waals surface area (Å²) in [4.78, 5) is 29.6. The Hall–Kier alpha value is -8.76. The van der Waals surface area contributed by atoms with E-state index in [0.717, 1.165) is 100 Å². The van der Waals surface area contributed by atoms with Gasteiger partial charge in [-0.25, -0.2) is 19.9 Å². The van der Waals surface area contributed by atoms with Crippen LogP contribution in [0.15, 0.2) is 171 Å². The molecule has 0 aliphatic carbocycles. The number of phenols is 2. The summed E-state index contributed by atoms with van der Waals surface area (Å²) in [5.41, 5.74) is 16.6. The second-order valence-electron chi connectivity index (χ2n) is 24.6. The smallest absolute Gasteiger partial charge is 0.149 e. The van der Waals surface area contributed by atoms with Crippen LogP contribution in [0.4, 0.5) is 0 Å². The molecule has 78 heavy (non-hydrogen) atoms. The number of aromatic nitrogens is 8. The van der Waals surface area contributed by atoms with Crippen LogP contribution in [0.1, 0.15) is 105 Å². The third-order valence-corrected chi connectivity index (χ3v) is 14.8. The van der Waals surface area contributed by atoms with E-state index in [-0.39, 0.29) is 33.2 Å². The second kappa shape index (κ2) is 19.1. The molecular weight excluding hydrogens is 961 g/mol. The molecule has 6 aromatic carbocycles. The van der Waals surface area contributed by atoms with Gasteiger partial charge in [-0.05, 0) is 111 Å². The molecule has 10 nitrogen and oxygen atoms in total. The molecule has 0 saturated heterocycles. The SMILES string of the molecule is CC(C)(C)c1cc(-c2nc3c(-c4cccc(-c5cc(-c6cccc(-c7cccc8c7nc(-c7cc(C(C)(C)C)cc(C(C)(C)C)c7O)n8-c7cccnc7)c6)ncn5)c4)cccc3n2-c2cccnc2)c(O)c(C(C)(C)C)c1. The molecule has 11 aromatic rings. The highest BCUT2D eigenvalue weighted by Crippen LogP contribution is 2.47. The molecule has 0 aliphatic rings. The Morgan fingerprint density at radius 3 is 1.15 bits per heavy atom. The topological polar surface area (TPSA) is 128 Å². The highest BCUT2D eigenvalue weighted by Gasteiger charge is 2.31. The number of benzene rings is 6. The maximum Gasteiger partial charge on any atom is 0.149 e. The Morgan fingerprint density at radius 1 is 0.385 bits per heavy atom. The lowest BCUT2D eigenvalue weighted by molar-refractivity contribution is 0.445. The Kier molecular flexibility index (Phi) is 12.5. The molecule has 0 saturated carbocycles. The highest BCUT2D eigenvalue weighted by molar-refractivity contribution is 5.98. The molecule has 5 heterocycles. The number of aromatic hydroxyl groups is 2. The molecular formula is C68H66N8O2. The highest BCUT2D eigenvalue weighted by atomic mass is 16.3. The standard InChI is InChI=1S/C68H66N8O2/c1-65(2,3)45-33-51(61(77)53(35-45)67(7,8)9)63-73-59-49(25-15-27-57(59)75(63)47-23-17-29-69-38-47)41-19-13-21-43(31-41)55-37-56(72-40-71-55)44-22-14-20-42(32-44)50-26-16-28-58-60(50)74-64(76(58)48-24-18-30-70-39-48)52-34-46(66(4,5)6)36-54(62(52)78)68(10,11)12/h13-40,77-78H,1-12H3. The number of para-hydroxylation sites is 2. The van der Waals surface area contributed by atoms with Gasteiger partial charge in [-0.3, -0.25) is 19.1 Å². The van der Waals surface area contributed by atoms with E-state index < -0.39 is 0 Å². The summed E-state index contributed by atoms with van der Waals surface area (Å²) < 4.78 is 4.22. The average Bonchev–Trinajstić information content (AvgIpc) is 4.19. The first kappa shape index (κ1) is 51.4. The number of pyridine rings is 2. The quantitative estimate of drug-likeness (QED) is 0.154. The molecule has 0 radical (unpaired) electrons. The summed E-state index contributed by atoms with van der Waals surface area (Å²) in [6, 6.07) is 47.7. The predicted molar refractivity (Wildman–Crippen MR) is 318 cm³/mol. The first-order chi connectivity index (χ1) is 37.0. The Bertz CT molecular complexity index is 3830. The van der Waals surface area contributed by atoms with E-state index in [1.165, 1.54) is 0 Å². The zero-order valence-corrected chi connectivity index (χ0v) is 46.6. The normalized spacial score (nSPS) is 12.5. The molecule has 0 unspecified atom stereocenters. The summed E-state index contributed by atoms with van der Waals surface area (Å²) in [6.45, 7) is 26.0. The van der Waals surface area contributed by atoms with Gasteiger partial charge >= 0.3 is 0 Å². The van der Waals surface area contributed by atoms with Crippen molar-refractivity contribution in [3.05, 3.63) is 193 Å². The first-order valence-electron chi connectivity index (χ1n) is 26.7. The van der Waals surface area contributed by atoms with Gasteiger partial charge in [0.1, 0.15) is 29.5 Å². The number of nitrogens with zero attached hydrogens (tertiary/aromatic N) is 8. The van der Waals surface area contributed by atoms with Crippen molar-refractivity contribution in [2.45, 2.75) is 105 Å². The van der Waals surface area contributed by atoms with Crippen LogP contribution in [0.2, 0.25) is 0 Å². The molecule has 390 valence electrons. The minimum Gasteiger partial charge on any atom is -0.507 e. The largest absolute Gasteiger partial charge is 0.507 e. The number of rotatable bonds is 8. The lowest BCUT2D eigenvalue weighted by atomic mass is 9.79. The maximum atomic E-state index is 12.2. The minimum absolute atomic E-state index is 0.183. The second-order valence-corrected chi connectivity index (χ2v) is 24.6. The number of imidazole rings is 2. The van der Waals surface area contributed by atoms with Crippen molar-refractivity contribution < 1.29 is 10.2 Å². The van der Waals surface area contributed by atoms with Crippen molar-refractivity contribution in [2.75, 3.05) is 0 Å². The third-order valence-electron chi connectivity index (χ3n) is 14.8. The van der Waals surface area contributed by atoms with Gasteiger partial charge < -0.3 is 10.2 Å². The molecule has 11 rings (SSSR count). The van der Waals surface area contributed by atoms with Gasteiger partial charge in [-0.2, -0.15) is 0 Å². The molecule has 0 aliphatic heterocycles. The Labute approximate surface area is 457 Å². The van der Waals surface area contributed by atoms with E-state index in [1.807, 2.05) is 42.7 Å². The summed E-state index contributed by atoms with van der Waals surface area (Å²) in [6.07, 6.45) is 8.84. The van der Waals surface area contributed by atoms with Gasteiger partial charge in [-0.1, -0.05) is 156 Å². The van der Waals surface area contributed by atoms with Gasteiger partial charge in [0.25, 0.3) is 0 Å². The van der Waals surface area contributed by atoms with Crippen LogP contribution in [0, 0.1) is 0 Å². The Balaban J connectivity index is 1.00. The fraction of sp³-hybridized carbons (Fsp3) is 0.235. The fourth-order valence-corrected chi connectivity index (χ4v) is 10.5. The van der Waals surface area contributed by atoms with Crippen LogP contribution in [0.3, 0.4) is 0 Å².